The summed E-state index contributed by atoms with van der Waals surface area (Å²) >= 11 is 7.99. The smallest absolute Gasteiger partial charge is 0.338 e. The Morgan fingerprint density at radius 2 is 2.10 bits per heavy atom. The van der Waals surface area contributed by atoms with Gasteiger partial charge in [-0.05, 0) is 43.0 Å². The van der Waals surface area contributed by atoms with E-state index in [2.05, 4.69) is 4.99 Å². The first-order valence-corrected chi connectivity index (χ1v) is 11.0. The maximum atomic E-state index is 13.9. The second kappa shape index (κ2) is 9.16. The SMILES string of the molecule is CCOC(=O)C1=C(C)N=C2SC=CN2[C@H]1c1ccc(OCc2ccccc2F)c(Cl)c1. The summed E-state index contributed by atoms with van der Waals surface area (Å²) in [6, 6.07) is 11.3. The molecule has 0 fully saturated rings. The lowest BCUT2D eigenvalue weighted by atomic mass is 9.94. The van der Waals surface area contributed by atoms with E-state index in [1.807, 2.05) is 22.6 Å². The van der Waals surface area contributed by atoms with E-state index in [9.17, 15) is 9.18 Å². The van der Waals surface area contributed by atoms with Crippen LogP contribution in [0.2, 0.25) is 5.02 Å². The highest BCUT2D eigenvalue weighted by Gasteiger charge is 2.37. The number of benzene rings is 2. The first-order chi connectivity index (χ1) is 15.0. The molecule has 0 spiro atoms. The molecule has 0 aromatic heterocycles. The van der Waals surface area contributed by atoms with Gasteiger partial charge in [-0.15, -0.1) is 0 Å². The summed E-state index contributed by atoms with van der Waals surface area (Å²) in [6.45, 7) is 3.90. The molecular formula is C23H20ClFN2O3S. The number of halogens is 2. The Morgan fingerprint density at radius 1 is 1.29 bits per heavy atom. The molecule has 5 nitrogen and oxygen atoms in total. The largest absolute Gasteiger partial charge is 0.487 e. The number of thioether (sulfide) groups is 1. The second-order valence-electron chi connectivity index (χ2n) is 6.90. The summed E-state index contributed by atoms with van der Waals surface area (Å²) in [5, 5.41) is 3.07. The second-order valence-corrected chi connectivity index (χ2v) is 8.18. The number of esters is 1. The summed E-state index contributed by atoms with van der Waals surface area (Å²) < 4.78 is 24.9. The van der Waals surface area contributed by atoms with Gasteiger partial charge in [-0.3, -0.25) is 0 Å². The van der Waals surface area contributed by atoms with Crippen molar-refractivity contribution in [3.8, 4) is 5.75 Å². The van der Waals surface area contributed by atoms with Crippen LogP contribution in [0.5, 0.6) is 5.75 Å². The zero-order valence-electron chi connectivity index (χ0n) is 17.0. The Morgan fingerprint density at radius 3 is 2.84 bits per heavy atom. The van der Waals surface area contributed by atoms with Crippen LogP contribution in [0.4, 0.5) is 4.39 Å². The molecule has 2 aliphatic heterocycles. The van der Waals surface area contributed by atoms with E-state index in [-0.39, 0.29) is 19.0 Å². The minimum Gasteiger partial charge on any atom is -0.487 e. The maximum absolute atomic E-state index is 13.9. The first kappa shape index (κ1) is 21.5. The van der Waals surface area contributed by atoms with Crippen molar-refractivity contribution >= 4 is 34.5 Å². The third kappa shape index (κ3) is 4.34. The molecule has 8 heteroatoms. The number of aliphatic imine (C=N–C) groups is 1. The predicted molar refractivity (Wildman–Crippen MR) is 120 cm³/mol. The average Bonchev–Trinajstić information content (AvgIpc) is 3.21. The lowest BCUT2D eigenvalue weighted by Gasteiger charge is -2.33. The third-order valence-corrected chi connectivity index (χ3v) is 5.99. The summed E-state index contributed by atoms with van der Waals surface area (Å²) in [5.41, 5.74) is 2.32. The summed E-state index contributed by atoms with van der Waals surface area (Å²) in [6.07, 6.45) is 1.89. The van der Waals surface area contributed by atoms with E-state index >= 15 is 0 Å². The van der Waals surface area contributed by atoms with Gasteiger partial charge in [-0.1, -0.05) is 47.6 Å². The van der Waals surface area contributed by atoms with Crippen molar-refractivity contribution in [3.63, 3.8) is 0 Å². The van der Waals surface area contributed by atoms with Gasteiger partial charge in [0, 0.05) is 11.8 Å². The molecule has 2 aliphatic rings. The van der Waals surface area contributed by atoms with Gasteiger partial charge in [0.1, 0.15) is 18.2 Å². The fourth-order valence-corrected chi connectivity index (χ4v) is 4.51. The first-order valence-electron chi connectivity index (χ1n) is 9.73. The van der Waals surface area contributed by atoms with E-state index in [4.69, 9.17) is 21.1 Å². The number of allylic oxidation sites excluding steroid dienone is 1. The Labute approximate surface area is 189 Å². The topological polar surface area (TPSA) is 51.1 Å². The zero-order valence-corrected chi connectivity index (χ0v) is 18.5. The Kier molecular flexibility index (Phi) is 6.34. The minimum atomic E-state index is -0.420. The average molecular weight is 459 g/mol. The number of carbonyl (C=O) groups excluding carboxylic acids is 1. The third-order valence-electron chi connectivity index (χ3n) is 4.93. The number of nitrogens with zero attached hydrogens (tertiary/aromatic N) is 2. The van der Waals surface area contributed by atoms with Gasteiger partial charge in [0.05, 0.1) is 28.9 Å². The molecule has 2 aromatic rings. The van der Waals surface area contributed by atoms with E-state index in [0.29, 0.717) is 27.6 Å². The number of carbonyl (C=O) groups is 1. The molecule has 0 amide bonds. The summed E-state index contributed by atoms with van der Waals surface area (Å²) in [7, 11) is 0. The van der Waals surface area contributed by atoms with Gasteiger partial charge < -0.3 is 14.4 Å². The van der Waals surface area contributed by atoms with E-state index in [0.717, 1.165) is 10.7 Å². The number of fused-ring (bicyclic) bond motifs is 1. The van der Waals surface area contributed by atoms with Crippen molar-refractivity contribution in [2.24, 2.45) is 4.99 Å². The van der Waals surface area contributed by atoms with Crippen molar-refractivity contribution in [1.82, 2.24) is 4.90 Å². The van der Waals surface area contributed by atoms with Gasteiger partial charge >= 0.3 is 5.97 Å². The van der Waals surface area contributed by atoms with Crippen LogP contribution in [0.25, 0.3) is 0 Å². The van der Waals surface area contributed by atoms with Crippen molar-refractivity contribution < 1.29 is 18.7 Å². The lowest BCUT2D eigenvalue weighted by Crippen LogP contribution is -2.34. The lowest BCUT2D eigenvalue weighted by molar-refractivity contribution is -0.139. The number of amidine groups is 1. The van der Waals surface area contributed by atoms with Gasteiger partial charge in [0.25, 0.3) is 0 Å². The van der Waals surface area contributed by atoms with E-state index < -0.39 is 12.0 Å². The van der Waals surface area contributed by atoms with Gasteiger partial charge in [-0.2, -0.15) is 0 Å². The predicted octanol–water partition coefficient (Wildman–Crippen LogP) is 5.83. The highest BCUT2D eigenvalue weighted by Crippen LogP contribution is 2.42. The maximum Gasteiger partial charge on any atom is 0.338 e. The fraction of sp³-hybridized carbons (Fsp3) is 0.217. The van der Waals surface area contributed by atoms with Crippen LogP contribution in [0.3, 0.4) is 0 Å². The molecule has 2 aromatic carbocycles. The quantitative estimate of drug-likeness (QED) is 0.510. The van der Waals surface area contributed by atoms with Crippen LogP contribution in [0.15, 0.2) is 70.3 Å². The molecule has 160 valence electrons. The van der Waals surface area contributed by atoms with E-state index in [1.165, 1.54) is 17.8 Å². The van der Waals surface area contributed by atoms with Crippen LogP contribution < -0.4 is 4.74 Å². The molecule has 1 atom stereocenters. The van der Waals surface area contributed by atoms with Gasteiger partial charge in [-0.25, -0.2) is 14.2 Å². The molecule has 0 aliphatic carbocycles. The molecular weight excluding hydrogens is 439 g/mol. The molecule has 0 bridgehead atoms. The fourth-order valence-electron chi connectivity index (χ4n) is 3.47. The molecule has 0 radical (unpaired) electrons. The minimum absolute atomic E-state index is 0.0601. The zero-order chi connectivity index (χ0) is 22.0. The standard InChI is InChI=1S/C23H20ClFN2O3S/c1-3-29-22(28)20-14(2)26-23-27(10-11-31-23)21(20)15-8-9-19(17(24)12-15)30-13-16-6-4-5-7-18(16)25/h4-12,21H,3,13H2,1-2H3/t21-/m0/s1. The van der Waals surface area contributed by atoms with E-state index in [1.54, 1.807) is 44.2 Å². The molecule has 0 saturated carbocycles. The summed E-state index contributed by atoms with van der Waals surface area (Å²) in [4.78, 5) is 19.2. The monoisotopic (exact) mass is 458 g/mol. The van der Waals surface area contributed by atoms with Gasteiger partial charge in [0.2, 0.25) is 0 Å². The van der Waals surface area contributed by atoms with Gasteiger partial charge in [0.15, 0.2) is 5.17 Å². The highest BCUT2D eigenvalue weighted by atomic mass is 35.5. The van der Waals surface area contributed by atoms with Crippen LogP contribution in [0.1, 0.15) is 31.0 Å². The normalized spacial score (nSPS) is 17.5. The van der Waals surface area contributed by atoms with Crippen LogP contribution >= 0.6 is 23.4 Å². The highest BCUT2D eigenvalue weighted by molar-refractivity contribution is 8.16. The molecule has 2 heterocycles. The van der Waals surface area contributed by atoms with Crippen LogP contribution in [-0.4, -0.2) is 22.6 Å². The van der Waals surface area contributed by atoms with Crippen molar-refractivity contribution in [2.45, 2.75) is 26.5 Å². The van der Waals surface area contributed by atoms with Crippen molar-refractivity contribution in [3.05, 3.63) is 87.3 Å². The Bertz CT molecular complexity index is 1120. The van der Waals surface area contributed by atoms with Crippen molar-refractivity contribution in [2.75, 3.05) is 6.61 Å². The molecule has 31 heavy (non-hydrogen) atoms. The number of hydrogen-bond donors (Lipinski definition) is 0. The molecule has 0 saturated heterocycles. The van der Waals surface area contributed by atoms with Crippen molar-refractivity contribution in [1.29, 1.82) is 0 Å². The number of hydrogen-bond acceptors (Lipinski definition) is 6. The number of rotatable bonds is 6. The Hall–Kier alpha value is -2.77. The molecule has 4 rings (SSSR count). The Balaban J connectivity index is 1.63. The molecule has 0 unspecified atom stereocenters. The molecule has 0 N–H and O–H groups in total. The number of ether oxygens (including phenoxy) is 2. The van der Waals surface area contributed by atoms with Crippen LogP contribution in [-0.2, 0) is 16.1 Å². The summed E-state index contributed by atoms with van der Waals surface area (Å²) in [5.74, 6) is -0.306. The van der Waals surface area contributed by atoms with Crippen LogP contribution in [0, 0.1) is 5.82 Å².